The van der Waals surface area contributed by atoms with E-state index >= 15 is 0 Å². The van der Waals surface area contributed by atoms with Gasteiger partial charge in [0, 0.05) is 7.05 Å². The molecule has 2 amide bonds. The Morgan fingerprint density at radius 2 is 1.94 bits per heavy atom. The average molecular weight is 257 g/mol. The minimum Gasteiger partial charge on any atom is -0.375 e. The largest absolute Gasteiger partial charge is 0.427 e. The van der Waals surface area contributed by atoms with Crippen molar-refractivity contribution in [2.24, 2.45) is 12.0 Å². The summed E-state index contributed by atoms with van der Waals surface area (Å²) in [6.07, 6.45) is 0.759. The fourth-order valence-corrected chi connectivity index (χ4v) is 1.09. The monoisotopic (exact) mass is 257 g/mol. The molecule has 18 heavy (non-hydrogen) atoms. The van der Waals surface area contributed by atoms with E-state index in [0.717, 1.165) is 4.57 Å². The lowest BCUT2D eigenvalue weighted by Crippen LogP contribution is -2.47. The van der Waals surface area contributed by atoms with E-state index in [-0.39, 0.29) is 19.0 Å². The van der Waals surface area contributed by atoms with Crippen LogP contribution in [0.2, 0.25) is 0 Å². The highest BCUT2D eigenvalue weighted by Gasteiger charge is 2.06. The quantitative estimate of drug-likeness (QED) is 0.403. The van der Waals surface area contributed by atoms with Crippen molar-refractivity contribution in [1.82, 2.24) is 19.8 Å². The number of aromatic nitrogens is 2. The van der Waals surface area contributed by atoms with E-state index in [2.05, 4.69) is 15.6 Å². The standard InChI is InChI=1S/C8H11N5O5/c1-12-6(11-2-9-4-14)18-8(17)13(7(12)16)3-10-5-15/h4-5H,2-3H2,1H3,(H,9,14)(H,10,15)/b11-6-. The van der Waals surface area contributed by atoms with Gasteiger partial charge in [-0.1, -0.05) is 0 Å². The third-order valence-electron chi connectivity index (χ3n) is 1.93. The second-order valence-electron chi connectivity index (χ2n) is 3.04. The molecule has 0 atom stereocenters. The molecule has 0 aliphatic rings. The predicted octanol–water partition coefficient (Wildman–Crippen LogP) is -3.55. The number of nitrogens with one attached hydrogen (secondary N) is 2. The smallest absolute Gasteiger partial charge is 0.375 e. The Kier molecular flexibility index (Phi) is 4.60. The zero-order valence-corrected chi connectivity index (χ0v) is 9.45. The maximum Gasteiger partial charge on any atom is 0.427 e. The van der Waals surface area contributed by atoms with Crippen LogP contribution in [0.15, 0.2) is 19.0 Å². The summed E-state index contributed by atoms with van der Waals surface area (Å²) in [6.45, 7) is -0.429. The zero-order chi connectivity index (χ0) is 13.5. The number of hydrogen-bond donors (Lipinski definition) is 2. The lowest BCUT2D eigenvalue weighted by atomic mass is 10.8. The molecule has 2 N–H and O–H groups in total. The summed E-state index contributed by atoms with van der Waals surface area (Å²) in [7, 11) is 1.34. The van der Waals surface area contributed by atoms with E-state index in [9.17, 15) is 19.2 Å². The molecular formula is C8H11N5O5. The van der Waals surface area contributed by atoms with E-state index < -0.39 is 11.4 Å². The van der Waals surface area contributed by atoms with Crippen LogP contribution in [-0.2, 0) is 23.3 Å². The van der Waals surface area contributed by atoms with E-state index in [0.29, 0.717) is 17.4 Å². The van der Waals surface area contributed by atoms with Crippen molar-refractivity contribution in [3.63, 3.8) is 0 Å². The first-order valence-corrected chi connectivity index (χ1v) is 4.77. The van der Waals surface area contributed by atoms with Crippen LogP contribution in [-0.4, -0.2) is 28.6 Å². The molecule has 1 aromatic rings. The first-order valence-electron chi connectivity index (χ1n) is 4.77. The highest BCUT2D eigenvalue weighted by atomic mass is 16.4. The number of amides is 2. The first-order chi connectivity index (χ1) is 8.61. The summed E-state index contributed by atoms with van der Waals surface area (Å²) < 4.78 is 6.41. The van der Waals surface area contributed by atoms with Gasteiger partial charge in [-0.15, -0.1) is 0 Å². The van der Waals surface area contributed by atoms with Crippen molar-refractivity contribution >= 4 is 12.8 Å². The molecule has 0 spiro atoms. The van der Waals surface area contributed by atoms with Gasteiger partial charge in [0.05, 0.1) is 0 Å². The van der Waals surface area contributed by atoms with Crippen LogP contribution in [0, 0.1) is 0 Å². The number of carbonyl (C=O) groups excluding carboxylic acids is 2. The van der Waals surface area contributed by atoms with Crippen molar-refractivity contribution in [2.45, 2.75) is 6.67 Å². The fraction of sp³-hybridized carbons (Fsp3) is 0.375. The van der Waals surface area contributed by atoms with E-state index in [1.165, 1.54) is 7.05 Å². The van der Waals surface area contributed by atoms with Gasteiger partial charge in [0.2, 0.25) is 12.8 Å². The van der Waals surface area contributed by atoms with Gasteiger partial charge in [-0.3, -0.25) is 14.2 Å². The molecule has 0 fully saturated rings. The van der Waals surface area contributed by atoms with Crippen LogP contribution in [0.3, 0.4) is 0 Å². The molecule has 1 heterocycles. The Bertz CT molecular complexity index is 610. The van der Waals surface area contributed by atoms with Crippen molar-refractivity contribution in [3.8, 4) is 0 Å². The molecule has 0 aromatic carbocycles. The van der Waals surface area contributed by atoms with E-state index in [1.807, 2.05) is 0 Å². The SMILES string of the molecule is Cn1c(=O)n(CNC=O)c(=O)o/c1=N\CNC=O. The molecule has 0 unspecified atom stereocenters. The minimum atomic E-state index is -0.961. The molecule has 0 radical (unpaired) electrons. The minimum absolute atomic E-state index is 0.129. The van der Waals surface area contributed by atoms with Crippen molar-refractivity contribution in [2.75, 3.05) is 6.67 Å². The van der Waals surface area contributed by atoms with Crippen LogP contribution in [0.1, 0.15) is 0 Å². The maximum atomic E-state index is 11.7. The van der Waals surface area contributed by atoms with Crippen LogP contribution in [0.4, 0.5) is 0 Å². The maximum absolute atomic E-state index is 11.7. The van der Waals surface area contributed by atoms with Crippen LogP contribution in [0.25, 0.3) is 0 Å². The van der Waals surface area contributed by atoms with Crippen LogP contribution in [0.5, 0.6) is 0 Å². The van der Waals surface area contributed by atoms with Gasteiger partial charge in [0.15, 0.2) is 0 Å². The summed E-state index contributed by atoms with van der Waals surface area (Å²) in [5.74, 6) is -0.961. The summed E-state index contributed by atoms with van der Waals surface area (Å²) in [4.78, 5) is 46.9. The highest BCUT2D eigenvalue weighted by molar-refractivity contribution is 5.45. The molecule has 98 valence electrons. The van der Waals surface area contributed by atoms with Crippen LogP contribution >= 0.6 is 0 Å². The Hall–Kier alpha value is -2.65. The third-order valence-corrected chi connectivity index (χ3v) is 1.93. The molecular weight excluding hydrogens is 246 g/mol. The van der Waals surface area contributed by atoms with Gasteiger partial charge in [0.1, 0.15) is 13.3 Å². The number of nitrogens with zero attached hydrogens (tertiary/aromatic N) is 3. The van der Waals surface area contributed by atoms with Gasteiger partial charge in [-0.2, -0.15) is 0 Å². The van der Waals surface area contributed by atoms with Crippen molar-refractivity contribution in [1.29, 1.82) is 0 Å². The van der Waals surface area contributed by atoms with Gasteiger partial charge >= 0.3 is 17.1 Å². The lowest BCUT2D eigenvalue weighted by Gasteiger charge is -2.04. The van der Waals surface area contributed by atoms with E-state index in [4.69, 9.17) is 4.42 Å². The molecule has 1 aromatic heterocycles. The van der Waals surface area contributed by atoms with Gasteiger partial charge in [0.25, 0.3) is 0 Å². The normalized spacial score (nSPS) is 11.1. The molecule has 0 aliphatic heterocycles. The summed E-state index contributed by atoms with van der Waals surface area (Å²) >= 11 is 0. The second-order valence-corrected chi connectivity index (χ2v) is 3.04. The van der Waals surface area contributed by atoms with Crippen LogP contribution < -0.4 is 27.8 Å². The van der Waals surface area contributed by atoms with Gasteiger partial charge < -0.3 is 15.1 Å². The Morgan fingerprint density at radius 1 is 1.28 bits per heavy atom. The Labute approximate surface area is 99.6 Å². The summed E-state index contributed by atoms with van der Waals surface area (Å²) in [5, 5.41) is 4.39. The summed E-state index contributed by atoms with van der Waals surface area (Å²) in [5.41, 5.74) is -0.938. The molecule has 10 heteroatoms. The number of hydrogen-bond acceptors (Lipinski definition) is 6. The predicted molar refractivity (Wildman–Crippen MR) is 57.0 cm³/mol. The number of rotatable bonds is 6. The summed E-state index contributed by atoms with van der Waals surface area (Å²) in [6, 6.07) is 0. The average Bonchev–Trinajstić information content (AvgIpc) is 2.35. The first kappa shape index (κ1) is 13.4. The van der Waals surface area contributed by atoms with Crippen molar-refractivity contribution < 1.29 is 14.0 Å². The molecule has 0 saturated heterocycles. The van der Waals surface area contributed by atoms with Gasteiger partial charge in [-0.05, 0) is 0 Å². The third kappa shape index (κ3) is 2.93. The van der Waals surface area contributed by atoms with Crippen molar-refractivity contribution in [3.05, 3.63) is 26.7 Å². The lowest BCUT2D eigenvalue weighted by molar-refractivity contribution is -0.110. The topological polar surface area (TPSA) is 128 Å². The Balaban J connectivity index is 3.24. The molecule has 10 nitrogen and oxygen atoms in total. The number of carbonyl (C=O) groups is 2. The van der Waals surface area contributed by atoms with E-state index in [1.54, 1.807) is 0 Å². The zero-order valence-electron chi connectivity index (χ0n) is 9.45. The van der Waals surface area contributed by atoms with Gasteiger partial charge in [-0.25, -0.2) is 19.1 Å². The Morgan fingerprint density at radius 3 is 2.56 bits per heavy atom. The molecule has 0 saturated carbocycles. The fourth-order valence-electron chi connectivity index (χ4n) is 1.09. The highest BCUT2D eigenvalue weighted by Crippen LogP contribution is 1.67. The molecule has 1 rings (SSSR count). The second kappa shape index (κ2) is 6.18. The molecule has 0 aliphatic carbocycles. The molecule has 0 bridgehead atoms.